The minimum atomic E-state index is 0. The van der Waals surface area contributed by atoms with Crippen LogP contribution in [0.5, 0.6) is 5.75 Å². The summed E-state index contributed by atoms with van der Waals surface area (Å²) in [7, 11) is 1.80. The molecule has 0 bridgehead atoms. The van der Waals surface area contributed by atoms with Gasteiger partial charge in [-0.1, -0.05) is 19.1 Å². The summed E-state index contributed by atoms with van der Waals surface area (Å²) < 4.78 is 5.61. The number of halogens is 1. The molecule has 30 heavy (non-hydrogen) atoms. The Labute approximate surface area is 198 Å². The van der Waals surface area contributed by atoms with Gasteiger partial charge in [0.1, 0.15) is 5.75 Å². The van der Waals surface area contributed by atoms with Crippen molar-refractivity contribution in [3.63, 3.8) is 0 Å². The molecule has 170 valence electrons. The van der Waals surface area contributed by atoms with Crippen molar-refractivity contribution >= 4 is 35.8 Å². The number of aryl methyl sites for hydroxylation is 1. The number of carbonyl (C=O) groups excluding carboxylic acids is 1. The summed E-state index contributed by atoms with van der Waals surface area (Å²) >= 11 is 0. The molecule has 0 spiro atoms. The number of ether oxygens (including phenoxy) is 1. The number of piperidine rings is 1. The summed E-state index contributed by atoms with van der Waals surface area (Å²) in [6.07, 6.45) is 2.98. The highest BCUT2D eigenvalue weighted by molar-refractivity contribution is 14.0. The van der Waals surface area contributed by atoms with Crippen LogP contribution in [-0.4, -0.2) is 62.6 Å². The van der Waals surface area contributed by atoms with E-state index in [9.17, 15) is 4.79 Å². The van der Waals surface area contributed by atoms with Crippen molar-refractivity contribution in [3.8, 4) is 5.75 Å². The Morgan fingerprint density at radius 1 is 1.23 bits per heavy atom. The molecule has 0 atom stereocenters. The molecule has 1 heterocycles. The number of carbonyl (C=O) groups is 1. The van der Waals surface area contributed by atoms with Crippen LogP contribution >= 0.6 is 24.0 Å². The van der Waals surface area contributed by atoms with Crippen LogP contribution < -0.4 is 20.7 Å². The monoisotopic (exact) mass is 531 g/mol. The molecule has 3 N–H and O–H groups in total. The second kappa shape index (κ2) is 14.5. The van der Waals surface area contributed by atoms with Crippen LogP contribution in [0.3, 0.4) is 0 Å². The summed E-state index contributed by atoms with van der Waals surface area (Å²) in [4.78, 5) is 18.5. The Bertz CT molecular complexity index is 675. The molecular formula is C22H38IN5O2. The topological polar surface area (TPSA) is 78.0 Å². The van der Waals surface area contributed by atoms with Gasteiger partial charge in [-0.25, -0.2) is 0 Å². The largest absolute Gasteiger partial charge is 0.494 e. The lowest BCUT2D eigenvalue weighted by molar-refractivity contribution is -0.122. The number of hydrogen-bond donors (Lipinski definition) is 3. The van der Waals surface area contributed by atoms with Crippen LogP contribution in [-0.2, 0) is 11.3 Å². The summed E-state index contributed by atoms with van der Waals surface area (Å²) in [6.45, 7) is 10.6. The molecule has 8 heteroatoms. The van der Waals surface area contributed by atoms with Gasteiger partial charge in [-0.05, 0) is 50.3 Å². The summed E-state index contributed by atoms with van der Waals surface area (Å²) in [5, 5.41) is 9.86. The maximum absolute atomic E-state index is 11.9. The molecule has 1 aliphatic heterocycles. The third kappa shape index (κ3) is 9.07. The number of nitrogens with one attached hydrogen (secondary N) is 3. The molecule has 1 aromatic carbocycles. The molecule has 0 radical (unpaired) electrons. The second-order valence-corrected chi connectivity index (χ2v) is 7.50. The van der Waals surface area contributed by atoms with E-state index in [4.69, 9.17) is 4.74 Å². The highest BCUT2D eigenvalue weighted by atomic mass is 127. The zero-order chi connectivity index (χ0) is 21.1. The minimum absolute atomic E-state index is 0. The van der Waals surface area contributed by atoms with Crippen LogP contribution in [0.2, 0.25) is 0 Å². The number of guanidine groups is 1. The third-order valence-corrected chi connectivity index (χ3v) is 5.09. The van der Waals surface area contributed by atoms with Crippen LogP contribution in [0, 0.1) is 6.92 Å². The van der Waals surface area contributed by atoms with Crippen LogP contribution in [0.1, 0.15) is 44.2 Å². The van der Waals surface area contributed by atoms with E-state index < -0.39 is 0 Å². The van der Waals surface area contributed by atoms with E-state index in [2.05, 4.69) is 51.8 Å². The van der Waals surface area contributed by atoms with Gasteiger partial charge in [-0.15, -0.1) is 24.0 Å². The maximum atomic E-state index is 11.9. The smallest absolute Gasteiger partial charge is 0.234 e. The number of rotatable bonds is 9. The maximum Gasteiger partial charge on any atom is 0.234 e. The van der Waals surface area contributed by atoms with E-state index in [0.717, 1.165) is 56.2 Å². The molecule has 1 saturated heterocycles. The van der Waals surface area contributed by atoms with Gasteiger partial charge >= 0.3 is 0 Å². The van der Waals surface area contributed by atoms with E-state index in [0.29, 0.717) is 25.7 Å². The molecular weight excluding hydrogens is 493 g/mol. The molecule has 1 amide bonds. The lowest BCUT2D eigenvalue weighted by atomic mass is 10.1. The summed E-state index contributed by atoms with van der Waals surface area (Å²) in [6, 6.07) is 6.63. The van der Waals surface area contributed by atoms with E-state index in [1.54, 1.807) is 7.05 Å². The first-order valence-electron chi connectivity index (χ1n) is 10.7. The zero-order valence-electron chi connectivity index (χ0n) is 18.8. The normalized spacial score (nSPS) is 15.3. The van der Waals surface area contributed by atoms with E-state index in [-0.39, 0.29) is 29.9 Å². The number of aliphatic imine (C=N–C) groups is 1. The van der Waals surface area contributed by atoms with Gasteiger partial charge in [0.15, 0.2) is 5.96 Å². The Hall–Kier alpha value is -1.55. The van der Waals surface area contributed by atoms with Gasteiger partial charge in [0.25, 0.3) is 0 Å². The van der Waals surface area contributed by atoms with Crippen LogP contribution in [0.25, 0.3) is 0 Å². The fourth-order valence-electron chi connectivity index (χ4n) is 3.47. The molecule has 1 fully saturated rings. The lowest BCUT2D eigenvalue weighted by Crippen LogP contribution is -2.50. The van der Waals surface area contributed by atoms with Crippen molar-refractivity contribution in [1.29, 1.82) is 0 Å². The lowest BCUT2D eigenvalue weighted by Gasteiger charge is -2.32. The van der Waals surface area contributed by atoms with Crippen molar-refractivity contribution in [1.82, 2.24) is 20.9 Å². The second-order valence-electron chi connectivity index (χ2n) is 7.50. The molecule has 0 unspecified atom stereocenters. The summed E-state index contributed by atoms with van der Waals surface area (Å²) in [5.41, 5.74) is 2.34. The first-order valence-corrected chi connectivity index (χ1v) is 10.7. The third-order valence-electron chi connectivity index (χ3n) is 5.09. The Morgan fingerprint density at radius 3 is 2.57 bits per heavy atom. The molecule has 2 rings (SSSR count). The first-order chi connectivity index (χ1) is 14.0. The Kier molecular flexibility index (Phi) is 12.8. The predicted molar refractivity (Wildman–Crippen MR) is 134 cm³/mol. The molecule has 0 saturated carbocycles. The van der Waals surface area contributed by atoms with Gasteiger partial charge < -0.3 is 20.7 Å². The molecule has 1 aromatic rings. The van der Waals surface area contributed by atoms with Crippen molar-refractivity contribution < 1.29 is 9.53 Å². The Balaban J connectivity index is 0.00000450. The van der Waals surface area contributed by atoms with Crippen molar-refractivity contribution in [3.05, 3.63) is 29.3 Å². The fourth-order valence-corrected chi connectivity index (χ4v) is 3.47. The van der Waals surface area contributed by atoms with Crippen molar-refractivity contribution in [2.45, 2.75) is 52.6 Å². The van der Waals surface area contributed by atoms with Gasteiger partial charge in [-0.3, -0.25) is 14.7 Å². The Morgan fingerprint density at radius 2 is 1.97 bits per heavy atom. The van der Waals surface area contributed by atoms with Crippen molar-refractivity contribution in [2.75, 3.05) is 39.8 Å². The molecule has 1 aliphatic rings. The highest BCUT2D eigenvalue weighted by Gasteiger charge is 2.21. The standard InChI is InChI=1S/C22H37N5O2.HI/c1-5-11-24-21(28)16-27-12-9-19(10-13-27)26-22(23-4)25-15-18-7-8-20(29-6-2)17(3)14-18;/h7-8,14,19H,5-6,9-13,15-16H2,1-4H3,(H,24,28)(H2,23,25,26);1H. The fraction of sp³-hybridized carbons (Fsp3) is 0.636. The van der Waals surface area contributed by atoms with Gasteiger partial charge in [0, 0.05) is 39.3 Å². The average molecular weight is 531 g/mol. The SMILES string of the molecule is CCCNC(=O)CN1CCC(NC(=NC)NCc2ccc(OCC)c(C)c2)CC1.I. The quantitative estimate of drug-likeness (QED) is 0.260. The number of nitrogens with zero attached hydrogens (tertiary/aromatic N) is 2. The molecule has 0 aromatic heterocycles. The number of amides is 1. The predicted octanol–water partition coefficient (Wildman–Crippen LogP) is 2.67. The highest BCUT2D eigenvalue weighted by Crippen LogP contribution is 2.19. The van der Waals surface area contributed by atoms with E-state index >= 15 is 0 Å². The van der Waals surface area contributed by atoms with Crippen LogP contribution in [0.4, 0.5) is 0 Å². The van der Waals surface area contributed by atoms with E-state index in [1.807, 2.05) is 13.0 Å². The first kappa shape index (κ1) is 26.5. The number of likely N-dealkylation sites (tertiary alicyclic amines) is 1. The van der Waals surface area contributed by atoms with Crippen molar-refractivity contribution in [2.24, 2.45) is 4.99 Å². The van der Waals surface area contributed by atoms with Gasteiger partial charge in [0.05, 0.1) is 13.2 Å². The zero-order valence-corrected chi connectivity index (χ0v) is 21.1. The van der Waals surface area contributed by atoms with Gasteiger partial charge in [0.2, 0.25) is 5.91 Å². The minimum Gasteiger partial charge on any atom is -0.494 e. The average Bonchev–Trinajstić information content (AvgIpc) is 2.72. The summed E-state index contributed by atoms with van der Waals surface area (Å²) in [5.74, 6) is 1.88. The molecule has 0 aliphatic carbocycles. The molecule has 7 nitrogen and oxygen atoms in total. The number of hydrogen-bond acceptors (Lipinski definition) is 4. The van der Waals surface area contributed by atoms with Gasteiger partial charge in [-0.2, -0.15) is 0 Å². The van der Waals surface area contributed by atoms with Crippen LogP contribution in [0.15, 0.2) is 23.2 Å². The number of benzene rings is 1. The van der Waals surface area contributed by atoms with E-state index in [1.165, 1.54) is 5.56 Å².